The summed E-state index contributed by atoms with van der Waals surface area (Å²) in [6.07, 6.45) is 0. The fraction of sp³-hybridized carbons (Fsp3) is 0.417. The smallest absolute Gasteiger partial charge is 0.242 e. The number of methoxy groups -OCH3 is 1. The first-order valence-electron chi connectivity index (χ1n) is 5.73. The van der Waals surface area contributed by atoms with E-state index in [-0.39, 0.29) is 16.6 Å². The van der Waals surface area contributed by atoms with Gasteiger partial charge >= 0.3 is 0 Å². The van der Waals surface area contributed by atoms with E-state index in [0.717, 1.165) is 6.07 Å². The SMILES string of the molecule is COCCNC(=O)C(C)Nc1cc(Cl)c(F)cc1N. The summed E-state index contributed by atoms with van der Waals surface area (Å²) in [5.74, 6) is -0.807. The van der Waals surface area contributed by atoms with Crippen LogP contribution >= 0.6 is 11.6 Å². The lowest BCUT2D eigenvalue weighted by atomic mass is 10.2. The molecule has 4 N–H and O–H groups in total. The quantitative estimate of drug-likeness (QED) is 0.549. The third-order valence-electron chi connectivity index (χ3n) is 2.46. The minimum Gasteiger partial charge on any atom is -0.397 e. The first-order valence-corrected chi connectivity index (χ1v) is 6.11. The van der Waals surface area contributed by atoms with Crippen LogP contribution in [0.1, 0.15) is 6.92 Å². The largest absolute Gasteiger partial charge is 0.397 e. The van der Waals surface area contributed by atoms with Gasteiger partial charge in [-0.3, -0.25) is 4.79 Å². The first-order chi connectivity index (χ1) is 8.95. The van der Waals surface area contributed by atoms with Crippen LogP contribution < -0.4 is 16.4 Å². The third kappa shape index (κ3) is 4.57. The predicted molar refractivity (Wildman–Crippen MR) is 73.8 cm³/mol. The van der Waals surface area contributed by atoms with Crippen LogP contribution in [-0.2, 0) is 9.53 Å². The number of anilines is 2. The first kappa shape index (κ1) is 15.5. The molecule has 0 heterocycles. The van der Waals surface area contributed by atoms with E-state index in [1.54, 1.807) is 14.0 Å². The molecule has 0 radical (unpaired) electrons. The number of hydrogen-bond donors (Lipinski definition) is 3. The van der Waals surface area contributed by atoms with Gasteiger partial charge in [0, 0.05) is 19.7 Å². The monoisotopic (exact) mass is 289 g/mol. The Kier molecular flexibility index (Phi) is 5.85. The van der Waals surface area contributed by atoms with Crippen LogP contribution in [-0.4, -0.2) is 32.2 Å². The molecule has 1 aromatic rings. The molecule has 7 heteroatoms. The Morgan fingerprint density at radius 3 is 2.89 bits per heavy atom. The summed E-state index contributed by atoms with van der Waals surface area (Å²) in [5, 5.41) is 5.50. The molecule has 19 heavy (non-hydrogen) atoms. The number of benzene rings is 1. The van der Waals surface area contributed by atoms with Crippen molar-refractivity contribution in [1.29, 1.82) is 0 Å². The number of halogens is 2. The van der Waals surface area contributed by atoms with Gasteiger partial charge in [0.1, 0.15) is 11.9 Å². The zero-order valence-corrected chi connectivity index (χ0v) is 11.6. The van der Waals surface area contributed by atoms with E-state index in [1.165, 1.54) is 6.07 Å². The van der Waals surface area contributed by atoms with Crippen molar-refractivity contribution in [3.8, 4) is 0 Å². The summed E-state index contributed by atoms with van der Waals surface area (Å²) in [5.41, 5.74) is 6.26. The molecule has 0 aromatic heterocycles. The summed E-state index contributed by atoms with van der Waals surface area (Å²) in [4.78, 5) is 11.7. The lowest BCUT2D eigenvalue weighted by Crippen LogP contribution is -2.39. The molecule has 0 saturated carbocycles. The molecule has 0 spiro atoms. The van der Waals surface area contributed by atoms with Crippen LogP contribution in [0.5, 0.6) is 0 Å². The Labute approximate surface area is 116 Å². The van der Waals surface area contributed by atoms with Crippen molar-refractivity contribution in [3.05, 3.63) is 23.0 Å². The highest BCUT2D eigenvalue weighted by Gasteiger charge is 2.14. The van der Waals surface area contributed by atoms with Gasteiger partial charge in [0.15, 0.2) is 0 Å². The molecule has 1 amide bonds. The summed E-state index contributed by atoms with van der Waals surface area (Å²) in [6, 6.07) is 1.94. The molecule has 0 aliphatic heterocycles. The Morgan fingerprint density at radius 1 is 1.58 bits per heavy atom. The van der Waals surface area contributed by atoms with Gasteiger partial charge in [-0.15, -0.1) is 0 Å². The number of nitrogens with two attached hydrogens (primary N) is 1. The number of nitrogen functional groups attached to an aromatic ring is 1. The molecule has 106 valence electrons. The van der Waals surface area contributed by atoms with Crippen LogP contribution in [0, 0.1) is 5.82 Å². The van der Waals surface area contributed by atoms with E-state index in [0.29, 0.717) is 18.8 Å². The topological polar surface area (TPSA) is 76.4 Å². The minimum absolute atomic E-state index is 0.0521. The van der Waals surface area contributed by atoms with Crippen LogP contribution in [0.25, 0.3) is 0 Å². The molecule has 0 aliphatic carbocycles. The fourth-order valence-corrected chi connectivity index (χ4v) is 1.58. The second-order valence-corrected chi connectivity index (χ2v) is 4.41. The van der Waals surface area contributed by atoms with E-state index in [4.69, 9.17) is 22.1 Å². The molecular weight excluding hydrogens is 273 g/mol. The van der Waals surface area contributed by atoms with Crippen molar-refractivity contribution in [2.24, 2.45) is 0 Å². The number of carbonyl (C=O) groups excluding carboxylic acids is 1. The van der Waals surface area contributed by atoms with Crippen molar-refractivity contribution >= 4 is 28.9 Å². The summed E-state index contributed by atoms with van der Waals surface area (Å²) < 4.78 is 18.0. The number of rotatable bonds is 6. The molecule has 1 rings (SSSR count). The van der Waals surface area contributed by atoms with Gasteiger partial charge in [0.2, 0.25) is 5.91 Å². The Balaban J connectivity index is 2.63. The standard InChI is InChI=1S/C12H17ClFN3O2/c1-7(12(18)16-3-4-19-2)17-11-5-8(13)9(14)6-10(11)15/h5-7,17H,3-4,15H2,1-2H3,(H,16,18). The molecule has 0 aliphatic rings. The normalized spacial score (nSPS) is 12.0. The highest BCUT2D eigenvalue weighted by atomic mass is 35.5. The number of ether oxygens (including phenoxy) is 1. The number of carbonyl (C=O) groups is 1. The minimum atomic E-state index is -0.595. The van der Waals surface area contributed by atoms with Gasteiger partial charge in [-0.25, -0.2) is 4.39 Å². The van der Waals surface area contributed by atoms with Crippen LogP contribution in [0.4, 0.5) is 15.8 Å². The average molecular weight is 290 g/mol. The van der Waals surface area contributed by atoms with Crippen molar-refractivity contribution in [1.82, 2.24) is 5.32 Å². The Morgan fingerprint density at radius 2 is 2.26 bits per heavy atom. The number of nitrogens with one attached hydrogen (secondary N) is 2. The van der Waals surface area contributed by atoms with Crippen molar-refractivity contribution in [2.75, 3.05) is 31.3 Å². The fourth-order valence-electron chi connectivity index (χ4n) is 1.42. The van der Waals surface area contributed by atoms with Gasteiger partial charge in [-0.1, -0.05) is 11.6 Å². The predicted octanol–water partition coefficient (Wildman–Crippen LogP) is 1.62. The number of amides is 1. The van der Waals surface area contributed by atoms with Crippen LogP contribution in [0.3, 0.4) is 0 Å². The zero-order chi connectivity index (χ0) is 14.4. The maximum atomic E-state index is 13.1. The number of hydrogen-bond acceptors (Lipinski definition) is 4. The molecule has 0 fully saturated rings. The van der Waals surface area contributed by atoms with E-state index in [2.05, 4.69) is 10.6 Å². The second kappa shape index (κ2) is 7.16. The van der Waals surface area contributed by atoms with Gasteiger partial charge in [-0.2, -0.15) is 0 Å². The molecule has 0 saturated heterocycles. The van der Waals surface area contributed by atoms with Crippen molar-refractivity contribution in [3.63, 3.8) is 0 Å². The Hall–Kier alpha value is -1.53. The molecule has 1 unspecified atom stereocenters. The zero-order valence-electron chi connectivity index (χ0n) is 10.8. The highest BCUT2D eigenvalue weighted by Crippen LogP contribution is 2.26. The molecule has 0 bridgehead atoms. The van der Waals surface area contributed by atoms with Gasteiger partial charge in [0.25, 0.3) is 0 Å². The molecule has 1 atom stereocenters. The van der Waals surface area contributed by atoms with Crippen molar-refractivity contribution in [2.45, 2.75) is 13.0 Å². The Bertz CT molecular complexity index is 457. The third-order valence-corrected chi connectivity index (χ3v) is 2.75. The maximum absolute atomic E-state index is 13.1. The van der Waals surface area contributed by atoms with Gasteiger partial charge < -0.3 is 21.1 Å². The van der Waals surface area contributed by atoms with E-state index < -0.39 is 11.9 Å². The molecular formula is C12H17ClFN3O2. The summed E-state index contributed by atoms with van der Waals surface area (Å²) >= 11 is 5.66. The van der Waals surface area contributed by atoms with E-state index in [1.807, 2.05) is 0 Å². The van der Waals surface area contributed by atoms with Crippen molar-refractivity contribution < 1.29 is 13.9 Å². The molecule has 5 nitrogen and oxygen atoms in total. The van der Waals surface area contributed by atoms with E-state index in [9.17, 15) is 9.18 Å². The van der Waals surface area contributed by atoms with Crippen LogP contribution in [0.2, 0.25) is 5.02 Å². The van der Waals surface area contributed by atoms with Gasteiger partial charge in [0.05, 0.1) is 23.0 Å². The lowest BCUT2D eigenvalue weighted by Gasteiger charge is -2.17. The van der Waals surface area contributed by atoms with E-state index >= 15 is 0 Å². The maximum Gasteiger partial charge on any atom is 0.242 e. The summed E-state index contributed by atoms with van der Waals surface area (Å²) in [7, 11) is 1.55. The lowest BCUT2D eigenvalue weighted by molar-refractivity contribution is -0.121. The second-order valence-electron chi connectivity index (χ2n) is 4.00. The van der Waals surface area contributed by atoms with Gasteiger partial charge in [-0.05, 0) is 13.0 Å². The highest BCUT2D eigenvalue weighted by molar-refractivity contribution is 6.31. The summed E-state index contributed by atoms with van der Waals surface area (Å²) in [6.45, 7) is 2.52. The average Bonchev–Trinajstić information content (AvgIpc) is 2.36. The molecule has 1 aromatic carbocycles. The van der Waals surface area contributed by atoms with Crippen LogP contribution in [0.15, 0.2) is 12.1 Å².